The van der Waals surface area contributed by atoms with E-state index in [-0.39, 0.29) is 19.1 Å². The van der Waals surface area contributed by atoms with Crippen molar-refractivity contribution in [1.82, 2.24) is 4.90 Å². The summed E-state index contributed by atoms with van der Waals surface area (Å²) in [4.78, 5) is 13.5. The molecule has 1 fully saturated rings. The lowest BCUT2D eigenvalue weighted by Gasteiger charge is -2.42. The van der Waals surface area contributed by atoms with Gasteiger partial charge in [0.25, 0.3) is 0 Å². The first kappa shape index (κ1) is 20.7. The Labute approximate surface area is 172 Å². The van der Waals surface area contributed by atoms with Crippen molar-refractivity contribution in [2.24, 2.45) is 0 Å². The van der Waals surface area contributed by atoms with Crippen molar-refractivity contribution in [1.29, 1.82) is 0 Å². The molecule has 4 rings (SSSR count). The van der Waals surface area contributed by atoms with Crippen molar-refractivity contribution in [2.45, 2.75) is 30.2 Å². The summed E-state index contributed by atoms with van der Waals surface area (Å²) in [5.41, 5.74) is 1.09. The van der Waals surface area contributed by atoms with E-state index in [2.05, 4.69) is 0 Å². The summed E-state index contributed by atoms with van der Waals surface area (Å²) in [6.45, 7) is -0.968. The summed E-state index contributed by atoms with van der Waals surface area (Å²) >= 11 is 0. The summed E-state index contributed by atoms with van der Waals surface area (Å²) in [5.74, 6) is -0.203. The molecule has 8 heteroatoms. The van der Waals surface area contributed by atoms with Crippen LogP contribution in [0.3, 0.4) is 0 Å². The van der Waals surface area contributed by atoms with Gasteiger partial charge in [0.05, 0.1) is 19.2 Å². The molecule has 1 saturated heterocycles. The van der Waals surface area contributed by atoms with Gasteiger partial charge in [0.1, 0.15) is 6.61 Å². The predicted octanol–water partition coefficient (Wildman–Crippen LogP) is 3.95. The van der Waals surface area contributed by atoms with Crippen LogP contribution in [0.5, 0.6) is 0 Å². The number of nitrogens with zero attached hydrogens (tertiary/aromatic N) is 1. The standard InChI is InChI=1S/C22H22F3NO4/c1-29-14-10-21(28,22(23,24)25)13-26(11-14)20(27)30-12-19-17-8-4-2-6-15(17)16-7-3-5-9-18(16)19/h2-9,14,19,28H,10-13H2,1H3/t14-,21+/m0/s1. The lowest BCUT2D eigenvalue weighted by molar-refractivity contribution is -0.281. The lowest BCUT2D eigenvalue weighted by Crippen LogP contribution is -2.62. The minimum absolute atomic E-state index is 0.00848. The van der Waals surface area contributed by atoms with Crippen LogP contribution >= 0.6 is 0 Å². The first-order valence-electron chi connectivity index (χ1n) is 9.65. The van der Waals surface area contributed by atoms with E-state index in [0.29, 0.717) is 0 Å². The van der Waals surface area contributed by atoms with Crippen LogP contribution in [0.4, 0.5) is 18.0 Å². The molecule has 1 aliphatic heterocycles. The first-order valence-corrected chi connectivity index (χ1v) is 9.65. The predicted molar refractivity (Wildman–Crippen MR) is 103 cm³/mol. The number of piperidine rings is 1. The topological polar surface area (TPSA) is 59.0 Å². The summed E-state index contributed by atoms with van der Waals surface area (Å²) in [5, 5.41) is 10.1. The second kappa shape index (κ2) is 7.59. The zero-order valence-corrected chi connectivity index (χ0v) is 16.4. The van der Waals surface area contributed by atoms with Crippen molar-refractivity contribution in [2.75, 3.05) is 26.8 Å². The maximum Gasteiger partial charge on any atom is 0.419 e. The van der Waals surface area contributed by atoms with E-state index in [9.17, 15) is 23.1 Å². The highest BCUT2D eigenvalue weighted by Gasteiger charge is 2.58. The number of β-amino-alcohol motifs (C(OH)–C–C–N with tert-alkyl or cyclic N) is 1. The molecule has 0 bridgehead atoms. The Hall–Kier alpha value is -2.58. The number of rotatable bonds is 3. The lowest BCUT2D eigenvalue weighted by atomic mass is 9.90. The molecule has 2 aromatic rings. The number of hydrogen-bond donors (Lipinski definition) is 1. The summed E-state index contributed by atoms with van der Waals surface area (Å²) in [6, 6.07) is 15.6. The first-order chi connectivity index (χ1) is 14.2. The fourth-order valence-electron chi connectivity index (χ4n) is 4.32. The molecule has 0 saturated carbocycles. The number of ether oxygens (including phenoxy) is 2. The van der Waals surface area contributed by atoms with Gasteiger partial charge in [-0.2, -0.15) is 13.2 Å². The Morgan fingerprint density at radius 2 is 1.70 bits per heavy atom. The number of halogens is 3. The molecule has 30 heavy (non-hydrogen) atoms. The van der Waals surface area contributed by atoms with E-state index in [1.165, 1.54) is 7.11 Å². The summed E-state index contributed by atoms with van der Waals surface area (Å²) in [7, 11) is 1.25. The molecule has 0 aromatic heterocycles. The number of benzene rings is 2. The Balaban J connectivity index is 1.51. The summed E-state index contributed by atoms with van der Waals surface area (Å²) < 4.78 is 50.5. The van der Waals surface area contributed by atoms with Gasteiger partial charge >= 0.3 is 12.3 Å². The van der Waals surface area contributed by atoms with Crippen LogP contribution in [0.25, 0.3) is 11.1 Å². The zero-order valence-electron chi connectivity index (χ0n) is 16.4. The van der Waals surface area contributed by atoms with Crippen LogP contribution in [-0.2, 0) is 9.47 Å². The monoisotopic (exact) mass is 421 g/mol. The fourth-order valence-corrected chi connectivity index (χ4v) is 4.32. The molecule has 1 aliphatic carbocycles. The van der Waals surface area contributed by atoms with Crippen molar-refractivity contribution >= 4 is 6.09 Å². The molecule has 0 spiro atoms. The molecule has 2 atom stereocenters. The molecular formula is C22H22F3NO4. The number of hydrogen-bond acceptors (Lipinski definition) is 4. The Morgan fingerprint density at radius 3 is 2.23 bits per heavy atom. The van der Waals surface area contributed by atoms with E-state index >= 15 is 0 Å². The largest absolute Gasteiger partial charge is 0.448 e. The van der Waals surface area contributed by atoms with Gasteiger partial charge in [-0.15, -0.1) is 0 Å². The second-order valence-corrected chi connectivity index (χ2v) is 7.78. The molecule has 5 nitrogen and oxygen atoms in total. The van der Waals surface area contributed by atoms with Crippen LogP contribution in [0.1, 0.15) is 23.5 Å². The third-order valence-corrected chi connectivity index (χ3v) is 5.90. The quantitative estimate of drug-likeness (QED) is 0.816. The van der Waals surface area contributed by atoms with Crippen molar-refractivity contribution in [3.63, 3.8) is 0 Å². The van der Waals surface area contributed by atoms with Crippen LogP contribution in [0, 0.1) is 0 Å². The summed E-state index contributed by atoms with van der Waals surface area (Å²) in [6.07, 6.45) is -7.35. The van der Waals surface area contributed by atoms with E-state index < -0.39 is 36.9 Å². The normalized spacial score (nSPS) is 23.8. The van der Waals surface area contributed by atoms with Gasteiger partial charge in [0, 0.05) is 19.4 Å². The van der Waals surface area contributed by atoms with Crippen LogP contribution in [0.2, 0.25) is 0 Å². The average Bonchev–Trinajstić information content (AvgIpc) is 3.04. The van der Waals surface area contributed by atoms with Crippen molar-refractivity contribution in [3.05, 3.63) is 59.7 Å². The highest BCUT2D eigenvalue weighted by atomic mass is 19.4. The Morgan fingerprint density at radius 1 is 1.13 bits per heavy atom. The van der Waals surface area contributed by atoms with Gasteiger partial charge in [-0.1, -0.05) is 48.5 Å². The third-order valence-electron chi connectivity index (χ3n) is 5.90. The molecule has 1 amide bonds. The van der Waals surface area contributed by atoms with Gasteiger partial charge in [0.15, 0.2) is 5.60 Å². The Kier molecular flexibility index (Phi) is 5.23. The molecule has 1 heterocycles. The van der Waals surface area contributed by atoms with Gasteiger partial charge in [0.2, 0.25) is 0 Å². The Bertz CT molecular complexity index is 902. The van der Waals surface area contributed by atoms with Crippen LogP contribution < -0.4 is 0 Å². The second-order valence-electron chi connectivity index (χ2n) is 7.78. The van der Waals surface area contributed by atoms with Crippen LogP contribution in [-0.4, -0.2) is 60.8 Å². The maximum absolute atomic E-state index is 13.3. The number of amides is 1. The number of methoxy groups -OCH3 is 1. The fraction of sp³-hybridized carbons (Fsp3) is 0.409. The minimum Gasteiger partial charge on any atom is -0.448 e. The molecule has 0 radical (unpaired) electrons. The number of aliphatic hydroxyl groups is 1. The third kappa shape index (κ3) is 3.54. The van der Waals surface area contributed by atoms with Gasteiger partial charge in [-0.3, -0.25) is 0 Å². The van der Waals surface area contributed by atoms with Crippen LogP contribution in [0.15, 0.2) is 48.5 Å². The average molecular weight is 421 g/mol. The number of carbonyl (C=O) groups is 1. The van der Waals surface area contributed by atoms with Crippen molar-refractivity contribution in [3.8, 4) is 11.1 Å². The number of carbonyl (C=O) groups excluding carboxylic acids is 1. The smallest absolute Gasteiger partial charge is 0.419 e. The van der Waals surface area contributed by atoms with E-state index in [4.69, 9.17) is 9.47 Å². The maximum atomic E-state index is 13.3. The zero-order chi connectivity index (χ0) is 21.5. The van der Waals surface area contributed by atoms with E-state index in [1.807, 2.05) is 48.5 Å². The molecular weight excluding hydrogens is 399 g/mol. The SMILES string of the molecule is CO[C@@H]1CN(C(=O)OCC2c3ccccc3-c3ccccc32)C[C@@](O)(C(F)(F)F)C1. The number of likely N-dealkylation sites (tertiary alicyclic amines) is 1. The highest BCUT2D eigenvalue weighted by Crippen LogP contribution is 2.44. The molecule has 0 unspecified atom stereocenters. The molecule has 1 N–H and O–H groups in total. The number of fused-ring (bicyclic) bond motifs is 3. The van der Waals surface area contributed by atoms with Gasteiger partial charge in [-0.25, -0.2) is 4.79 Å². The van der Waals surface area contributed by atoms with Gasteiger partial charge in [-0.05, 0) is 22.3 Å². The minimum atomic E-state index is -4.88. The highest BCUT2D eigenvalue weighted by molar-refractivity contribution is 5.79. The van der Waals surface area contributed by atoms with Gasteiger partial charge < -0.3 is 19.5 Å². The van der Waals surface area contributed by atoms with Crippen molar-refractivity contribution < 1.29 is 32.5 Å². The molecule has 2 aromatic carbocycles. The van der Waals surface area contributed by atoms with E-state index in [0.717, 1.165) is 27.2 Å². The number of alkyl halides is 3. The molecule has 160 valence electrons. The molecule has 2 aliphatic rings. The van der Waals surface area contributed by atoms with E-state index in [1.54, 1.807) is 0 Å².